The summed E-state index contributed by atoms with van der Waals surface area (Å²) in [5, 5.41) is 14.8. The number of aromatic nitrogens is 3. The fourth-order valence-electron chi connectivity index (χ4n) is 3.87. The average molecular weight is 394 g/mol. The molecule has 0 unspecified atom stereocenters. The molecule has 0 saturated carbocycles. The van der Waals surface area contributed by atoms with Gasteiger partial charge in [-0.2, -0.15) is 10.1 Å². The fraction of sp³-hybridized carbons (Fsp3) is 0.500. The summed E-state index contributed by atoms with van der Waals surface area (Å²) in [7, 11) is 2.18. The summed E-state index contributed by atoms with van der Waals surface area (Å²) >= 11 is 0. The summed E-state index contributed by atoms with van der Waals surface area (Å²) in [4.78, 5) is 9.34. The van der Waals surface area contributed by atoms with E-state index in [0.29, 0.717) is 11.8 Å². The molecule has 0 radical (unpaired) electrons. The molecule has 0 bridgehead atoms. The Morgan fingerprint density at radius 1 is 1.03 bits per heavy atom. The third-order valence-electron chi connectivity index (χ3n) is 5.68. The van der Waals surface area contributed by atoms with Gasteiger partial charge in [-0.1, -0.05) is 11.6 Å². The molecule has 2 aliphatic rings. The number of nitrogens with zero attached hydrogens (tertiary/aromatic N) is 5. The van der Waals surface area contributed by atoms with Crippen LogP contribution in [-0.2, 0) is 0 Å². The lowest BCUT2D eigenvalue weighted by Crippen LogP contribution is -2.44. The molecular weight excluding hydrogens is 362 g/mol. The molecule has 4 rings (SSSR count). The van der Waals surface area contributed by atoms with Crippen LogP contribution in [0.3, 0.4) is 0 Å². The van der Waals surface area contributed by atoms with Crippen LogP contribution in [0.4, 0.5) is 23.1 Å². The molecule has 1 aliphatic carbocycles. The van der Waals surface area contributed by atoms with E-state index in [-0.39, 0.29) is 0 Å². The standard InChI is InChI=1S/C22H31N7/c1-28-13-15-29(16-14-28)20-9-7-19(8-10-20)25-21-17-24-27-22(26-21)23-12-11-18-5-3-2-4-6-18/h5,7-10,17H,2-4,6,11-16H2,1H3,(H2,23,25,26,27). The summed E-state index contributed by atoms with van der Waals surface area (Å²) in [6.07, 6.45) is 10.2. The molecule has 1 saturated heterocycles. The molecule has 2 heterocycles. The van der Waals surface area contributed by atoms with E-state index in [2.05, 4.69) is 73.0 Å². The van der Waals surface area contributed by atoms with Gasteiger partial charge in [0.25, 0.3) is 0 Å². The zero-order valence-electron chi connectivity index (χ0n) is 17.3. The highest BCUT2D eigenvalue weighted by atomic mass is 15.3. The number of piperazine rings is 1. The van der Waals surface area contributed by atoms with Crippen LogP contribution in [0.15, 0.2) is 42.1 Å². The van der Waals surface area contributed by atoms with Gasteiger partial charge in [0.1, 0.15) is 0 Å². The number of nitrogens with one attached hydrogen (secondary N) is 2. The van der Waals surface area contributed by atoms with E-state index in [4.69, 9.17) is 0 Å². The predicted octanol–water partition coefficient (Wildman–Crippen LogP) is 3.67. The van der Waals surface area contributed by atoms with Crippen LogP contribution in [0.5, 0.6) is 0 Å². The van der Waals surface area contributed by atoms with Crippen LogP contribution >= 0.6 is 0 Å². The minimum atomic E-state index is 0.570. The Morgan fingerprint density at radius 2 is 1.86 bits per heavy atom. The van der Waals surface area contributed by atoms with E-state index in [0.717, 1.165) is 44.8 Å². The number of benzene rings is 1. The number of allylic oxidation sites excluding steroid dienone is 1. The second-order valence-corrected chi connectivity index (χ2v) is 7.91. The van der Waals surface area contributed by atoms with Gasteiger partial charge >= 0.3 is 0 Å². The molecule has 0 atom stereocenters. The number of rotatable bonds is 7. The van der Waals surface area contributed by atoms with Gasteiger partial charge in [-0.3, -0.25) is 0 Å². The van der Waals surface area contributed by atoms with Gasteiger partial charge in [0.15, 0.2) is 5.82 Å². The van der Waals surface area contributed by atoms with Crippen molar-refractivity contribution in [3.05, 3.63) is 42.1 Å². The van der Waals surface area contributed by atoms with Crippen molar-refractivity contribution in [2.45, 2.75) is 32.1 Å². The van der Waals surface area contributed by atoms with Crippen molar-refractivity contribution in [3.8, 4) is 0 Å². The van der Waals surface area contributed by atoms with Gasteiger partial charge in [0.05, 0.1) is 6.20 Å². The fourth-order valence-corrected chi connectivity index (χ4v) is 3.87. The molecule has 7 nitrogen and oxygen atoms in total. The molecule has 0 amide bonds. The highest BCUT2D eigenvalue weighted by Gasteiger charge is 2.14. The Bertz CT molecular complexity index is 810. The minimum absolute atomic E-state index is 0.570. The molecule has 2 aromatic rings. The highest BCUT2D eigenvalue weighted by Crippen LogP contribution is 2.22. The zero-order chi connectivity index (χ0) is 19.9. The molecule has 29 heavy (non-hydrogen) atoms. The van der Waals surface area contributed by atoms with Crippen molar-refractivity contribution in [1.82, 2.24) is 20.1 Å². The second kappa shape index (κ2) is 9.69. The number of hydrogen-bond acceptors (Lipinski definition) is 7. The first-order valence-corrected chi connectivity index (χ1v) is 10.7. The van der Waals surface area contributed by atoms with E-state index in [1.165, 1.54) is 31.4 Å². The summed E-state index contributed by atoms with van der Waals surface area (Å²) in [5.41, 5.74) is 3.82. The maximum atomic E-state index is 4.54. The molecule has 0 spiro atoms. The van der Waals surface area contributed by atoms with Crippen LogP contribution in [0.1, 0.15) is 32.1 Å². The van der Waals surface area contributed by atoms with Crippen molar-refractivity contribution in [2.75, 3.05) is 55.3 Å². The van der Waals surface area contributed by atoms with Crippen LogP contribution in [-0.4, -0.2) is 59.9 Å². The van der Waals surface area contributed by atoms with Crippen molar-refractivity contribution < 1.29 is 0 Å². The van der Waals surface area contributed by atoms with Crippen molar-refractivity contribution in [1.29, 1.82) is 0 Å². The van der Waals surface area contributed by atoms with Gasteiger partial charge in [0, 0.05) is 44.1 Å². The number of likely N-dealkylation sites (N-methyl/N-ethyl adjacent to an activating group) is 1. The summed E-state index contributed by atoms with van der Waals surface area (Å²) in [6, 6.07) is 8.52. The lowest BCUT2D eigenvalue weighted by atomic mass is 9.97. The molecule has 1 fully saturated rings. The highest BCUT2D eigenvalue weighted by molar-refractivity contribution is 5.61. The third kappa shape index (κ3) is 5.67. The first-order chi connectivity index (χ1) is 14.3. The first kappa shape index (κ1) is 19.6. The van der Waals surface area contributed by atoms with Gasteiger partial charge in [-0.25, -0.2) is 0 Å². The lowest BCUT2D eigenvalue weighted by molar-refractivity contribution is 0.313. The lowest BCUT2D eigenvalue weighted by Gasteiger charge is -2.34. The second-order valence-electron chi connectivity index (χ2n) is 7.91. The largest absolute Gasteiger partial charge is 0.369 e. The van der Waals surface area contributed by atoms with E-state index in [1.54, 1.807) is 11.8 Å². The summed E-state index contributed by atoms with van der Waals surface area (Å²) in [6.45, 7) is 5.21. The topological polar surface area (TPSA) is 69.2 Å². The van der Waals surface area contributed by atoms with Crippen LogP contribution in [0.25, 0.3) is 0 Å². The molecule has 2 N–H and O–H groups in total. The molecule has 1 aromatic carbocycles. The first-order valence-electron chi connectivity index (χ1n) is 10.7. The SMILES string of the molecule is CN1CCN(c2ccc(Nc3cnnc(NCCC4=CCCCC4)n3)cc2)CC1. The summed E-state index contributed by atoms with van der Waals surface area (Å²) < 4.78 is 0. The quantitative estimate of drug-likeness (QED) is 0.696. The Morgan fingerprint density at radius 3 is 2.62 bits per heavy atom. The van der Waals surface area contributed by atoms with E-state index >= 15 is 0 Å². The van der Waals surface area contributed by atoms with E-state index in [9.17, 15) is 0 Å². The summed E-state index contributed by atoms with van der Waals surface area (Å²) in [5.74, 6) is 1.27. The monoisotopic (exact) mass is 393 g/mol. The van der Waals surface area contributed by atoms with Crippen LogP contribution in [0, 0.1) is 0 Å². The maximum Gasteiger partial charge on any atom is 0.244 e. The minimum Gasteiger partial charge on any atom is -0.369 e. The Hall–Kier alpha value is -2.67. The third-order valence-corrected chi connectivity index (χ3v) is 5.68. The van der Waals surface area contributed by atoms with Gasteiger partial charge in [0.2, 0.25) is 5.95 Å². The maximum absolute atomic E-state index is 4.54. The van der Waals surface area contributed by atoms with E-state index < -0.39 is 0 Å². The molecular formula is C22H31N7. The Kier molecular flexibility index (Phi) is 6.56. The normalized spacial score (nSPS) is 17.7. The molecule has 7 heteroatoms. The van der Waals surface area contributed by atoms with Gasteiger partial charge in [-0.05, 0) is 63.4 Å². The molecule has 1 aliphatic heterocycles. The molecule has 1 aromatic heterocycles. The molecule has 154 valence electrons. The number of anilines is 4. The smallest absolute Gasteiger partial charge is 0.244 e. The van der Waals surface area contributed by atoms with Crippen LogP contribution < -0.4 is 15.5 Å². The Balaban J connectivity index is 1.30. The van der Waals surface area contributed by atoms with Crippen molar-refractivity contribution in [2.24, 2.45) is 0 Å². The van der Waals surface area contributed by atoms with Gasteiger partial charge < -0.3 is 20.4 Å². The predicted molar refractivity (Wildman–Crippen MR) is 119 cm³/mol. The van der Waals surface area contributed by atoms with Gasteiger partial charge in [-0.15, -0.1) is 5.10 Å². The van der Waals surface area contributed by atoms with Crippen molar-refractivity contribution in [3.63, 3.8) is 0 Å². The van der Waals surface area contributed by atoms with Crippen molar-refractivity contribution >= 4 is 23.1 Å². The zero-order valence-corrected chi connectivity index (χ0v) is 17.3. The van der Waals surface area contributed by atoms with Crippen LogP contribution in [0.2, 0.25) is 0 Å². The van der Waals surface area contributed by atoms with E-state index in [1.807, 2.05) is 0 Å². The number of hydrogen-bond donors (Lipinski definition) is 2. The average Bonchev–Trinajstić information content (AvgIpc) is 2.76. The Labute approximate surface area is 173 Å².